The van der Waals surface area contributed by atoms with Crippen LogP contribution in [0.15, 0.2) is 66.1 Å². The lowest BCUT2D eigenvalue weighted by Gasteiger charge is -2.29. The number of carbonyl (C=O) groups is 1. The van der Waals surface area contributed by atoms with Crippen molar-refractivity contribution >= 4 is 49.9 Å². The fraction of sp³-hybridized carbons (Fsp3) is 0.324. The molecule has 3 aromatic heterocycles. The van der Waals surface area contributed by atoms with Gasteiger partial charge in [0.05, 0.1) is 58.1 Å². The third-order valence-corrected chi connectivity index (χ3v) is 11.6. The van der Waals surface area contributed by atoms with Gasteiger partial charge in [0.25, 0.3) is 12.0 Å². The van der Waals surface area contributed by atoms with Gasteiger partial charge in [-0.3, -0.25) is 23.6 Å². The maximum atomic E-state index is 14.8. The van der Waals surface area contributed by atoms with Crippen LogP contribution in [0.2, 0.25) is 5.02 Å². The minimum Gasteiger partial charge on any atom is -0.481 e. The number of anilines is 1. The second-order valence-corrected chi connectivity index (χ2v) is 16.2. The molecule has 4 N–H and O–H groups in total. The Labute approximate surface area is 328 Å². The number of aromatic nitrogens is 5. The number of nitrogens with one attached hydrogen (secondary N) is 2. The molecule has 7 rings (SSSR count). The van der Waals surface area contributed by atoms with E-state index < -0.39 is 57.4 Å². The molecule has 20 heteroatoms. The van der Waals surface area contributed by atoms with E-state index in [-0.39, 0.29) is 68.9 Å². The van der Waals surface area contributed by atoms with Crippen molar-refractivity contribution < 1.29 is 35.5 Å². The highest BCUT2D eigenvalue weighted by Crippen LogP contribution is 2.40. The van der Waals surface area contributed by atoms with Crippen LogP contribution >= 0.6 is 11.6 Å². The number of hydrogen-bond acceptors (Lipinski definition) is 10. The number of nitrogens with zero attached hydrogens (tertiary/aromatic N) is 6. The summed E-state index contributed by atoms with van der Waals surface area (Å²) in [6, 6.07) is 8.45. The van der Waals surface area contributed by atoms with Crippen LogP contribution in [-0.2, 0) is 27.8 Å². The van der Waals surface area contributed by atoms with Crippen LogP contribution in [0.25, 0.3) is 22.4 Å². The van der Waals surface area contributed by atoms with Crippen LogP contribution < -0.4 is 31.2 Å². The number of carbonyl (C=O) groups excluding carboxylic acids is 1. The number of hydrogen-bond donors (Lipinski definition) is 3. The minimum atomic E-state index is -3.97. The number of hydrazine groups is 1. The number of alkyl halides is 2. The van der Waals surface area contributed by atoms with E-state index in [4.69, 9.17) is 22.2 Å². The lowest BCUT2D eigenvalue weighted by atomic mass is 10.0. The first-order valence-electron chi connectivity index (χ1n) is 17.7. The lowest BCUT2D eigenvalue weighted by Crippen LogP contribution is -2.40. The van der Waals surface area contributed by atoms with Crippen LogP contribution in [0, 0.1) is 11.6 Å². The van der Waals surface area contributed by atoms with Crippen molar-refractivity contribution in [1.29, 1.82) is 0 Å². The zero-order chi connectivity index (χ0) is 40.8. The molecule has 2 aliphatic carbocycles. The maximum Gasteiger partial charge on any atom is 0.267 e. The van der Waals surface area contributed by atoms with Crippen molar-refractivity contribution in [3.8, 4) is 11.6 Å². The predicted octanol–water partition coefficient (Wildman–Crippen LogP) is 4.89. The largest absolute Gasteiger partial charge is 0.481 e. The van der Waals surface area contributed by atoms with Gasteiger partial charge in [-0.25, -0.2) is 36.8 Å². The molecule has 57 heavy (non-hydrogen) atoms. The minimum absolute atomic E-state index is 0.0467. The van der Waals surface area contributed by atoms with Gasteiger partial charge >= 0.3 is 0 Å². The van der Waals surface area contributed by atoms with Gasteiger partial charge in [-0.1, -0.05) is 18.2 Å². The number of methoxy groups -OCH3 is 1. The second-order valence-electron chi connectivity index (χ2n) is 13.8. The van der Waals surface area contributed by atoms with E-state index in [1.807, 2.05) is 0 Å². The van der Waals surface area contributed by atoms with Gasteiger partial charge in [0, 0.05) is 36.2 Å². The third kappa shape index (κ3) is 8.74. The lowest BCUT2D eigenvalue weighted by molar-refractivity contribution is -0.122. The van der Waals surface area contributed by atoms with E-state index in [0.717, 1.165) is 35.2 Å². The van der Waals surface area contributed by atoms with Gasteiger partial charge < -0.3 is 15.1 Å². The Morgan fingerprint density at radius 3 is 2.46 bits per heavy atom. The molecule has 0 aliphatic heterocycles. The number of fused-ring (bicyclic) bond motifs is 1. The smallest absolute Gasteiger partial charge is 0.267 e. The number of amides is 1. The van der Waals surface area contributed by atoms with Crippen molar-refractivity contribution in [3.05, 3.63) is 111 Å². The van der Waals surface area contributed by atoms with E-state index in [1.54, 1.807) is 12.3 Å². The number of halogens is 5. The number of benzene rings is 2. The SMILES string of the molecule is C=C(NS(=O)(=O)C1CC1)c1c(Cl)ccc(-n2c([C@H](Cc3cc(F)cc(F)c3)NC(=O)Cn3ccc(C4CC4)n3)nc3nc(OC)ccc3c2=O)c1N(N)CC(F)F. The highest BCUT2D eigenvalue weighted by atomic mass is 35.5. The van der Waals surface area contributed by atoms with Crippen LogP contribution in [0.4, 0.5) is 23.2 Å². The van der Waals surface area contributed by atoms with E-state index in [9.17, 15) is 35.6 Å². The topological polar surface area (TPSA) is 179 Å². The van der Waals surface area contributed by atoms with E-state index >= 15 is 0 Å². The number of sulfonamides is 1. The Hall–Kier alpha value is -5.53. The first kappa shape index (κ1) is 39.7. The van der Waals surface area contributed by atoms with Gasteiger partial charge in [-0.15, -0.1) is 0 Å². The monoisotopic (exact) mass is 829 g/mol. The van der Waals surface area contributed by atoms with E-state index in [2.05, 4.69) is 31.7 Å². The van der Waals surface area contributed by atoms with Gasteiger partial charge in [-0.05, 0) is 67.6 Å². The fourth-order valence-electron chi connectivity index (χ4n) is 6.51. The van der Waals surface area contributed by atoms with Crippen molar-refractivity contribution in [1.82, 2.24) is 34.4 Å². The molecule has 0 saturated heterocycles. The number of rotatable bonds is 16. The van der Waals surface area contributed by atoms with E-state index in [0.29, 0.717) is 29.8 Å². The van der Waals surface area contributed by atoms with Gasteiger partial charge in [0.1, 0.15) is 24.0 Å². The van der Waals surface area contributed by atoms with Crippen LogP contribution in [0.5, 0.6) is 5.88 Å². The summed E-state index contributed by atoms with van der Waals surface area (Å²) in [6.45, 7) is 2.43. The standard InChI is InChI=1S/C37H36ClF4N9O5S/c1-19(48-57(54,55)24-5-6-24)33-26(38)8-9-29(34(33)50(43)17-30(41)42)51-36(46-35-25(37(51)53)7-10-32(45-35)56-2)28(15-20-13-22(39)16-23(40)14-20)44-31(52)18-49-12-11-27(47-49)21-3-4-21/h7-14,16,21,24,28,30,48H,1,3-6,15,17-18,43H2,2H3,(H,44,52)/t28-/m0/s1. The normalized spacial score (nSPS) is 14.8. The summed E-state index contributed by atoms with van der Waals surface area (Å²) in [6.07, 6.45) is 0.976. The molecular formula is C37H36ClF4N9O5S. The molecule has 2 fully saturated rings. The molecule has 0 radical (unpaired) electrons. The Bertz CT molecular complexity index is 2540. The summed E-state index contributed by atoms with van der Waals surface area (Å²) in [5.74, 6) is 3.91. The van der Waals surface area contributed by atoms with Crippen LogP contribution in [-0.4, -0.2) is 64.0 Å². The van der Waals surface area contributed by atoms with Gasteiger partial charge in [0.15, 0.2) is 5.65 Å². The summed E-state index contributed by atoms with van der Waals surface area (Å²) >= 11 is 6.64. The Morgan fingerprint density at radius 1 is 1.09 bits per heavy atom. The maximum absolute atomic E-state index is 14.8. The predicted molar refractivity (Wildman–Crippen MR) is 203 cm³/mol. The fourth-order valence-corrected chi connectivity index (χ4v) is 8.14. The first-order valence-corrected chi connectivity index (χ1v) is 19.6. The molecule has 2 aromatic carbocycles. The van der Waals surface area contributed by atoms with E-state index in [1.165, 1.54) is 36.1 Å². The molecule has 1 atom stereocenters. The van der Waals surface area contributed by atoms with Crippen molar-refractivity contribution in [2.24, 2.45) is 5.84 Å². The van der Waals surface area contributed by atoms with Gasteiger partial charge in [0.2, 0.25) is 21.8 Å². The molecule has 300 valence electrons. The first-order chi connectivity index (χ1) is 27.1. The summed E-state index contributed by atoms with van der Waals surface area (Å²) in [5.41, 5.74) is -1.29. The second kappa shape index (κ2) is 15.8. The highest BCUT2D eigenvalue weighted by molar-refractivity contribution is 7.90. The highest BCUT2D eigenvalue weighted by Gasteiger charge is 2.37. The molecule has 0 unspecified atom stereocenters. The van der Waals surface area contributed by atoms with Gasteiger partial charge in [-0.2, -0.15) is 10.1 Å². The summed E-state index contributed by atoms with van der Waals surface area (Å²) in [4.78, 5) is 37.6. The van der Waals surface area contributed by atoms with Crippen molar-refractivity contribution in [3.63, 3.8) is 0 Å². The molecule has 0 bridgehead atoms. The molecule has 2 saturated carbocycles. The summed E-state index contributed by atoms with van der Waals surface area (Å²) < 4.78 is 93.4. The third-order valence-electron chi connectivity index (χ3n) is 9.41. The molecule has 1 amide bonds. The van der Waals surface area contributed by atoms with Crippen molar-refractivity contribution in [2.45, 2.75) is 62.3 Å². The average molecular weight is 830 g/mol. The van der Waals surface area contributed by atoms with Crippen molar-refractivity contribution in [2.75, 3.05) is 18.7 Å². The molecular weight excluding hydrogens is 794 g/mol. The molecule has 2 aliphatic rings. The Kier molecular flexibility index (Phi) is 11.0. The molecule has 3 heterocycles. The van der Waals surface area contributed by atoms with Crippen LogP contribution in [0.1, 0.15) is 60.3 Å². The average Bonchev–Trinajstić information content (AvgIpc) is 4.08. The Morgan fingerprint density at radius 2 is 1.81 bits per heavy atom. The zero-order valence-electron chi connectivity index (χ0n) is 30.3. The zero-order valence-corrected chi connectivity index (χ0v) is 31.8. The summed E-state index contributed by atoms with van der Waals surface area (Å²) in [7, 11) is -2.63. The summed E-state index contributed by atoms with van der Waals surface area (Å²) in [5, 5.41) is 6.91. The number of nitrogens with two attached hydrogens (primary N) is 1. The number of ether oxygens (including phenoxy) is 1. The molecule has 0 spiro atoms. The molecule has 5 aromatic rings. The number of pyridine rings is 1. The molecule has 14 nitrogen and oxygen atoms in total. The quantitative estimate of drug-likeness (QED) is 0.0705. The van der Waals surface area contributed by atoms with Crippen LogP contribution in [0.3, 0.4) is 0 Å². The Balaban J connectivity index is 1.45.